The van der Waals surface area contributed by atoms with Crippen LogP contribution in [0.2, 0.25) is 0 Å². The second-order valence-electron chi connectivity index (χ2n) is 5.71. The Morgan fingerprint density at radius 1 is 1.08 bits per heavy atom. The fourth-order valence-electron chi connectivity index (χ4n) is 2.44. The van der Waals surface area contributed by atoms with E-state index >= 15 is 0 Å². The lowest BCUT2D eigenvalue weighted by atomic mass is 10.2. The van der Waals surface area contributed by atoms with Crippen LogP contribution >= 0.6 is 0 Å². The molecule has 0 radical (unpaired) electrons. The van der Waals surface area contributed by atoms with E-state index in [2.05, 4.69) is 20.2 Å². The van der Waals surface area contributed by atoms with Gasteiger partial charge in [-0.05, 0) is 25.2 Å². The van der Waals surface area contributed by atoms with Gasteiger partial charge in [0.2, 0.25) is 5.95 Å². The molecule has 0 aliphatic carbocycles. The fourth-order valence-corrected chi connectivity index (χ4v) is 2.44. The van der Waals surface area contributed by atoms with Gasteiger partial charge in [-0.2, -0.15) is 0 Å². The van der Waals surface area contributed by atoms with Crippen molar-refractivity contribution in [3.05, 3.63) is 47.5 Å². The van der Waals surface area contributed by atoms with Crippen LogP contribution in [0.25, 0.3) is 0 Å². The van der Waals surface area contributed by atoms with Gasteiger partial charge in [-0.25, -0.2) is 23.1 Å². The zero-order valence-corrected chi connectivity index (χ0v) is 13.5. The zero-order valence-electron chi connectivity index (χ0n) is 13.5. The Morgan fingerprint density at radius 3 is 2.52 bits per heavy atom. The van der Waals surface area contributed by atoms with Crippen molar-refractivity contribution in [2.45, 2.75) is 0 Å². The number of amides is 1. The van der Waals surface area contributed by atoms with Crippen molar-refractivity contribution < 1.29 is 18.0 Å². The summed E-state index contributed by atoms with van der Waals surface area (Å²) in [5.41, 5.74) is -0.447. The van der Waals surface area contributed by atoms with E-state index in [1.54, 1.807) is 0 Å². The number of carbonyl (C=O) groups is 1. The summed E-state index contributed by atoms with van der Waals surface area (Å²) >= 11 is 0. The average Bonchev–Trinajstić information content (AvgIpc) is 2.63. The first-order valence-electron chi connectivity index (χ1n) is 7.67. The van der Waals surface area contributed by atoms with E-state index in [4.69, 9.17) is 0 Å². The van der Waals surface area contributed by atoms with Gasteiger partial charge < -0.3 is 15.1 Å². The number of nitrogens with one attached hydrogen (secondary N) is 1. The number of nitrogens with zero attached hydrogens (tertiary/aromatic N) is 4. The summed E-state index contributed by atoms with van der Waals surface area (Å²) < 4.78 is 39.9. The molecule has 1 aliphatic rings. The Bertz CT molecular complexity index is 793. The number of benzene rings is 1. The van der Waals surface area contributed by atoms with Crippen LogP contribution in [-0.2, 0) is 0 Å². The van der Waals surface area contributed by atoms with Gasteiger partial charge in [0.15, 0.2) is 17.5 Å². The highest BCUT2D eigenvalue weighted by atomic mass is 19.2. The van der Waals surface area contributed by atoms with E-state index in [0.29, 0.717) is 5.95 Å². The van der Waals surface area contributed by atoms with Gasteiger partial charge in [0.1, 0.15) is 5.69 Å². The number of hydrogen-bond donors (Lipinski definition) is 1. The van der Waals surface area contributed by atoms with Gasteiger partial charge in [-0.1, -0.05) is 0 Å². The predicted molar refractivity (Wildman–Crippen MR) is 86.0 cm³/mol. The van der Waals surface area contributed by atoms with E-state index in [1.165, 1.54) is 12.3 Å². The standard InChI is InChI=1S/C16H16F3N5O/c1-23-6-8-24(9-7-23)16-20-5-4-12(22-16)15(25)21-11-3-2-10(17)13(18)14(11)19/h2-5H,6-9H2,1H3,(H,21,25). The highest BCUT2D eigenvalue weighted by molar-refractivity contribution is 6.03. The van der Waals surface area contributed by atoms with Crippen molar-refractivity contribution in [3.8, 4) is 0 Å². The molecule has 1 aromatic carbocycles. The number of anilines is 2. The summed E-state index contributed by atoms with van der Waals surface area (Å²) in [6, 6.07) is 3.06. The molecule has 0 saturated carbocycles. The molecule has 1 amide bonds. The van der Waals surface area contributed by atoms with Crippen molar-refractivity contribution in [2.75, 3.05) is 43.4 Å². The summed E-state index contributed by atoms with van der Waals surface area (Å²) in [7, 11) is 2.01. The minimum atomic E-state index is -1.64. The topological polar surface area (TPSA) is 61.4 Å². The quantitative estimate of drug-likeness (QED) is 0.856. The van der Waals surface area contributed by atoms with Crippen LogP contribution in [0, 0.1) is 17.5 Å². The molecule has 0 spiro atoms. The largest absolute Gasteiger partial charge is 0.338 e. The molecule has 9 heteroatoms. The number of hydrogen-bond acceptors (Lipinski definition) is 5. The first-order valence-corrected chi connectivity index (χ1v) is 7.67. The van der Waals surface area contributed by atoms with Gasteiger partial charge in [-0.3, -0.25) is 4.79 Å². The molecular formula is C16H16F3N5O. The van der Waals surface area contributed by atoms with Gasteiger partial charge in [-0.15, -0.1) is 0 Å². The van der Waals surface area contributed by atoms with E-state index in [1.807, 2.05) is 11.9 Å². The third-order valence-electron chi connectivity index (χ3n) is 3.95. The van der Waals surface area contributed by atoms with E-state index in [9.17, 15) is 18.0 Å². The molecule has 1 aromatic heterocycles. The average molecular weight is 351 g/mol. The molecule has 1 fully saturated rings. The van der Waals surface area contributed by atoms with Crippen molar-refractivity contribution in [2.24, 2.45) is 0 Å². The molecule has 3 rings (SSSR count). The second kappa shape index (κ2) is 7.06. The molecule has 1 saturated heterocycles. The Hall–Kier alpha value is -2.68. The lowest BCUT2D eigenvalue weighted by molar-refractivity contribution is 0.102. The minimum Gasteiger partial charge on any atom is -0.338 e. The maximum absolute atomic E-state index is 13.7. The molecule has 0 atom stereocenters. The van der Waals surface area contributed by atoms with E-state index < -0.39 is 29.0 Å². The molecule has 0 unspecified atom stereocenters. The van der Waals surface area contributed by atoms with Gasteiger partial charge in [0.05, 0.1) is 5.69 Å². The maximum Gasteiger partial charge on any atom is 0.274 e. The van der Waals surface area contributed by atoms with Crippen molar-refractivity contribution in [1.82, 2.24) is 14.9 Å². The highest BCUT2D eigenvalue weighted by Gasteiger charge is 2.20. The van der Waals surface area contributed by atoms with Crippen LogP contribution in [0.4, 0.5) is 24.8 Å². The predicted octanol–water partition coefficient (Wildman–Crippen LogP) is 1.90. The molecule has 25 heavy (non-hydrogen) atoms. The molecule has 2 aromatic rings. The summed E-state index contributed by atoms with van der Waals surface area (Å²) in [4.78, 5) is 24.7. The summed E-state index contributed by atoms with van der Waals surface area (Å²) in [5.74, 6) is -4.76. The molecule has 132 valence electrons. The zero-order chi connectivity index (χ0) is 18.0. The normalized spacial score (nSPS) is 15.3. The smallest absolute Gasteiger partial charge is 0.274 e. The third-order valence-corrected chi connectivity index (χ3v) is 3.95. The van der Waals surface area contributed by atoms with Crippen LogP contribution in [0.15, 0.2) is 24.4 Å². The molecule has 2 heterocycles. The van der Waals surface area contributed by atoms with Crippen LogP contribution in [-0.4, -0.2) is 54.0 Å². The van der Waals surface area contributed by atoms with Crippen molar-refractivity contribution in [1.29, 1.82) is 0 Å². The molecule has 1 aliphatic heterocycles. The third kappa shape index (κ3) is 3.71. The van der Waals surface area contributed by atoms with Crippen molar-refractivity contribution in [3.63, 3.8) is 0 Å². The summed E-state index contributed by atoms with van der Waals surface area (Å²) in [6.07, 6.45) is 1.43. The molecular weight excluding hydrogens is 335 g/mol. The minimum absolute atomic E-state index is 0.00746. The van der Waals surface area contributed by atoms with Gasteiger partial charge in [0.25, 0.3) is 5.91 Å². The Balaban J connectivity index is 1.77. The first kappa shape index (κ1) is 17.2. The molecule has 1 N–H and O–H groups in total. The van der Waals surface area contributed by atoms with Crippen LogP contribution in [0.5, 0.6) is 0 Å². The number of halogens is 3. The lowest BCUT2D eigenvalue weighted by Gasteiger charge is -2.32. The first-order chi connectivity index (χ1) is 12.0. The summed E-state index contributed by atoms with van der Waals surface area (Å²) in [5, 5.41) is 2.19. The molecule has 6 nitrogen and oxygen atoms in total. The van der Waals surface area contributed by atoms with E-state index in [0.717, 1.165) is 38.3 Å². The second-order valence-corrected chi connectivity index (χ2v) is 5.71. The van der Waals surface area contributed by atoms with Crippen molar-refractivity contribution >= 4 is 17.5 Å². The summed E-state index contributed by atoms with van der Waals surface area (Å²) in [6.45, 7) is 3.14. The fraction of sp³-hybridized carbons (Fsp3) is 0.312. The highest BCUT2D eigenvalue weighted by Crippen LogP contribution is 2.20. The Morgan fingerprint density at radius 2 is 1.80 bits per heavy atom. The number of aromatic nitrogens is 2. The number of carbonyl (C=O) groups excluding carboxylic acids is 1. The van der Waals surface area contributed by atoms with Crippen LogP contribution < -0.4 is 10.2 Å². The van der Waals surface area contributed by atoms with Gasteiger partial charge >= 0.3 is 0 Å². The van der Waals surface area contributed by atoms with Gasteiger partial charge in [0, 0.05) is 32.4 Å². The Kier molecular flexibility index (Phi) is 4.84. The Labute approximate surface area is 142 Å². The maximum atomic E-state index is 13.7. The molecule has 0 bridgehead atoms. The number of piperazine rings is 1. The van der Waals surface area contributed by atoms with E-state index in [-0.39, 0.29) is 5.69 Å². The van der Waals surface area contributed by atoms with Crippen LogP contribution in [0.1, 0.15) is 10.5 Å². The monoisotopic (exact) mass is 351 g/mol. The number of rotatable bonds is 3. The lowest BCUT2D eigenvalue weighted by Crippen LogP contribution is -2.45. The van der Waals surface area contributed by atoms with Crippen LogP contribution in [0.3, 0.4) is 0 Å². The SMILES string of the molecule is CN1CCN(c2nccc(C(=O)Nc3ccc(F)c(F)c3F)n2)CC1. The number of likely N-dealkylation sites (N-methyl/N-ethyl adjacent to an activating group) is 1.